The molecule has 2 rings (SSSR count). The van der Waals surface area contributed by atoms with Gasteiger partial charge in [0.25, 0.3) is 0 Å². The van der Waals surface area contributed by atoms with Crippen molar-refractivity contribution >= 4 is 9.84 Å². The molecule has 1 aliphatic rings. The van der Waals surface area contributed by atoms with E-state index < -0.39 is 9.84 Å². The van der Waals surface area contributed by atoms with E-state index in [0.717, 1.165) is 18.4 Å². The van der Waals surface area contributed by atoms with Gasteiger partial charge in [0.1, 0.15) is 0 Å². The van der Waals surface area contributed by atoms with Crippen molar-refractivity contribution in [1.29, 1.82) is 0 Å². The van der Waals surface area contributed by atoms with E-state index in [4.69, 9.17) is 0 Å². The molecule has 5 heteroatoms. The smallest absolute Gasteiger partial charge is 0.195 e. The third kappa shape index (κ3) is 0.964. The molecule has 66 valence electrons. The first-order valence-electron chi connectivity index (χ1n) is 3.85. The summed E-state index contributed by atoms with van der Waals surface area (Å²) < 4.78 is 24.4. The molecule has 1 aliphatic heterocycles. The highest BCUT2D eigenvalue weighted by atomic mass is 32.2. The molecule has 1 aromatic rings. The maximum atomic E-state index is 11.5. The van der Waals surface area contributed by atoms with E-state index in [1.165, 1.54) is 4.68 Å². The van der Waals surface area contributed by atoms with Crippen molar-refractivity contribution in [1.82, 2.24) is 9.78 Å². The minimum atomic E-state index is -3.03. The molecule has 12 heavy (non-hydrogen) atoms. The Morgan fingerprint density at radius 1 is 1.58 bits per heavy atom. The Balaban J connectivity index is 2.72. The van der Waals surface area contributed by atoms with E-state index in [1.807, 2.05) is 0 Å². The molecule has 0 aromatic carbocycles. The molecule has 0 fully saturated rings. The predicted molar refractivity (Wildman–Crippen MR) is 43.6 cm³/mol. The number of aryl methyl sites for hydroxylation is 2. The maximum absolute atomic E-state index is 11.5. The summed E-state index contributed by atoms with van der Waals surface area (Å²) in [5.41, 5.74) is 0.865. The quantitative estimate of drug-likeness (QED) is 0.579. The highest BCUT2D eigenvalue weighted by Crippen LogP contribution is 2.23. The minimum absolute atomic E-state index is 0.263. The lowest BCUT2D eigenvalue weighted by atomic mass is 10.2. The molecule has 2 heterocycles. The van der Waals surface area contributed by atoms with Crippen LogP contribution in [0.2, 0.25) is 0 Å². The average Bonchev–Trinajstić information content (AvgIpc) is 2.32. The fraction of sp³-hybridized carbons (Fsp3) is 0.571. The first-order chi connectivity index (χ1) is 5.61. The van der Waals surface area contributed by atoms with Gasteiger partial charge in [-0.3, -0.25) is 4.68 Å². The zero-order valence-corrected chi connectivity index (χ0v) is 7.63. The lowest BCUT2D eigenvalue weighted by Gasteiger charge is -2.11. The van der Waals surface area contributed by atoms with Gasteiger partial charge in [0.2, 0.25) is 0 Å². The van der Waals surface area contributed by atoms with E-state index in [2.05, 4.69) is 5.10 Å². The standard InChI is InChI=1S/C7H10N2O2S/c1-9-7-6(5-8-9)3-2-4-12(7,10)11/h5H,2-4H2,1H3. The second-order valence-corrected chi connectivity index (χ2v) is 5.05. The molecular weight excluding hydrogens is 176 g/mol. The van der Waals surface area contributed by atoms with Crippen LogP contribution in [0.1, 0.15) is 12.0 Å². The second-order valence-electron chi connectivity index (χ2n) is 3.02. The topological polar surface area (TPSA) is 52.0 Å². The number of hydrogen-bond donors (Lipinski definition) is 0. The van der Waals surface area contributed by atoms with Crippen molar-refractivity contribution in [3.8, 4) is 0 Å². The number of fused-ring (bicyclic) bond motifs is 1. The summed E-state index contributed by atoms with van der Waals surface area (Å²) in [5, 5.41) is 4.34. The fourth-order valence-electron chi connectivity index (χ4n) is 1.59. The molecule has 0 aliphatic carbocycles. The monoisotopic (exact) mass is 186 g/mol. The average molecular weight is 186 g/mol. The van der Waals surface area contributed by atoms with E-state index in [9.17, 15) is 8.42 Å². The first kappa shape index (κ1) is 7.79. The summed E-state index contributed by atoms with van der Waals surface area (Å²) in [5.74, 6) is 0.263. The third-order valence-corrected chi connectivity index (χ3v) is 4.05. The third-order valence-electron chi connectivity index (χ3n) is 2.11. The molecule has 4 nitrogen and oxygen atoms in total. The molecule has 0 bridgehead atoms. The molecular formula is C7H10N2O2S. The van der Waals surface area contributed by atoms with Gasteiger partial charge in [-0.25, -0.2) is 8.42 Å². The van der Waals surface area contributed by atoms with Gasteiger partial charge in [-0.15, -0.1) is 0 Å². The van der Waals surface area contributed by atoms with Gasteiger partial charge in [0.05, 0.1) is 11.9 Å². The Morgan fingerprint density at radius 3 is 3.00 bits per heavy atom. The maximum Gasteiger partial charge on any atom is 0.195 e. The highest BCUT2D eigenvalue weighted by molar-refractivity contribution is 7.91. The molecule has 0 saturated heterocycles. The predicted octanol–water partition coefficient (Wildman–Crippen LogP) is 0.140. The van der Waals surface area contributed by atoms with Gasteiger partial charge in [-0.2, -0.15) is 5.10 Å². The summed E-state index contributed by atoms with van der Waals surface area (Å²) in [6.45, 7) is 0. The van der Waals surface area contributed by atoms with Gasteiger partial charge >= 0.3 is 0 Å². The van der Waals surface area contributed by atoms with E-state index in [-0.39, 0.29) is 5.75 Å². The van der Waals surface area contributed by atoms with E-state index in [1.54, 1.807) is 13.2 Å². The van der Waals surface area contributed by atoms with Gasteiger partial charge in [0, 0.05) is 12.6 Å². The van der Waals surface area contributed by atoms with Gasteiger partial charge in [-0.05, 0) is 12.8 Å². The van der Waals surface area contributed by atoms with Crippen LogP contribution in [-0.4, -0.2) is 24.0 Å². The van der Waals surface area contributed by atoms with E-state index in [0.29, 0.717) is 5.03 Å². The van der Waals surface area contributed by atoms with Gasteiger partial charge < -0.3 is 0 Å². The molecule has 0 saturated carbocycles. The van der Waals surface area contributed by atoms with Crippen molar-refractivity contribution in [2.45, 2.75) is 17.9 Å². The van der Waals surface area contributed by atoms with Crippen LogP contribution in [0.25, 0.3) is 0 Å². The first-order valence-corrected chi connectivity index (χ1v) is 5.50. The van der Waals surface area contributed by atoms with E-state index >= 15 is 0 Å². The Kier molecular flexibility index (Phi) is 1.51. The molecule has 0 unspecified atom stereocenters. The Bertz CT molecular complexity index is 405. The summed E-state index contributed by atoms with van der Waals surface area (Å²) >= 11 is 0. The fourth-order valence-corrected chi connectivity index (χ4v) is 3.32. The summed E-state index contributed by atoms with van der Waals surface area (Å²) in [6.07, 6.45) is 3.20. The Hall–Kier alpha value is -0.840. The molecule has 0 amide bonds. The minimum Gasteiger partial charge on any atom is -0.257 e. The van der Waals surface area contributed by atoms with Crippen LogP contribution >= 0.6 is 0 Å². The second kappa shape index (κ2) is 2.32. The normalized spacial score (nSPS) is 20.4. The number of aromatic nitrogens is 2. The Morgan fingerprint density at radius 2 is 2.33 bits per heavy atom. The zero-order valence-electron chi connectivity index (χ0n) is 6.82. The van der Waals surface area contributed by atoms with Gasteiger partial charge in [-0.1, -0.05) is 0 Å². The molecule has 1 aromatic heterocycles. The Labute approximate surface area is 71.1 Å². The molecule has 0 radical (unpaired) electrons. The van der Waals surface area contributed by atoms with Crippen LogP contribution in [0.3, 0.4) is 0 Å². The summed E-state index contributed by atoms with van der Waals surface area (Å²) in [6, 6.07) is 0. The van der Waals surface area contributed by atoms with Crippen molar-refractivity contribution < 1.29 is 8.42 Å². The van der Waals surface area contributed by atoms with Crippen molar-refractivity contribution in [2.24, 2.45) is 7.05 Å². The number of sulfone groups is 1. The zero-order chi connectivity index (χ0) is 8.77. The number of hydrogen-bond acceptors (Lipinski definition) is 3. The van der Waals surface area contributed by atoms with Crippen molar-refractivity contribution in [3.05, 3.63) is 11.8 Å². The molecule has 0 N–H and O–H groups in total. The lowest BCUT2D eigenvalue weighted by molar-refractivity contribution is 0.565. The van der Waals surface area contributed by atoms with Crippen LogP contribution in [0.15, 0.2) is 11.2 Å². The summed E-state index contributed by atoms with van der Waals surface area (Å²) in [4.78, 5) is 0. The SMILES string of the molecule is Cn1ncc2c1S(=O)(=O)CCC2. The van der Waals surface area contributed by atoms with Crippen LogP contribution in [0.5, 0.6) is 0 Å². The van der Waals surface area contributed by atoms with Crippen LogP contribution in [-0.2, 0) is 23.3 Å². The number of nitrogens with zero attached hydrogens (tertiary/aromatic N) is 2. The lowest BCUT2D eigenvalue weighted by Crippen LogP contribution is -2.18. The van der Waals surface area contributed by atoms with Gasteiger partial charge in [0.15, 0.2) is 14.9 Å². The van der Waals surface area contributed by atoms with Crippen LogP contribution in [0.4, 0.5) is 0 Å². The highest BCUT2D eigenvalue weighted by Gasteiger charge is 2.26. The summed E-state index contributed by atoms with van der Waals surface area (Å²) in [7, 11) is -1.36. The number of rotatable bonds is 0. The van der Waals surface area contributed by atoms with Crippen molar-refractivity contribution in [3.63, 3.8) is 0 Å². The molecule has 0 atom stereocenters. The van der Waals surface area contributed by atoms with Crippen LogP contribution in [0, 0.1) is 0 Å². The molecule has 0 spiro atoms. The largest absolute Gasteiger partial charge is 0.257 e. The van der Waals surface area contributed by atoms with Crippen LogP contribution < -0.4 is 0 Å². The van der Waals surface area contributed by atoms with Crippen molar-refractivity contribution in [2.75, 3.05) is 5.75 Å².